The van der Waals surface area contributed by atoms with Crippen LogP contribution in [0, 0.1) is 0 Å². The molecule has 1 fully saturated rings. The third-order valence-corrected chi connectivity index (χ3v) is 5.57. The molecular formula is C16H17N5S2. The average molecular weight is 343 g/mol. The quantitative estimate of drug-likeness (QED) is 0.729. The topological polar surface area (TPSA) is 45.2 Å². The minimum absolute atomic E-state index is 0.926. The van der Waals surface area contributed by atoms with Crippen LogP contribution in [0.4, 0.5) is 5.82 Å². The molecule has 5 nitrogen and oxygen atoms in total. The molecule has 1 saturated heterocycles. The highest BCUT2D eigenvalue weighted by Gasteiger charge is 2.19. The number of hydrogen-bond acceptors (Lipinski definition) is 7. The molecule has 7 heteroatoms. The van der Waals surface area contributed by atoms with Crippen molar-refractivity contribution in [1.29, 1.82) is 0 Å². The maximum atomic E-state index is 4.77. The van der Waals surface area contributed by atoms with Gasteiger partial charge in [0, 0.05) is 61.4 Å². The molecule has 0 radical (unpaired) electrons. The van der Waals surface area contributed by atoms with Gasteiger partial charge in [-0.15, -0.1) is 11.3 Å². The minimum Gasteiger partial charge on any atom is -0.353 e. The molecule has 0 aromatic carbocycles. The van der Waals surface area contributed by atoms with E-state index in [0.29, 0.717) is 0 Å². The molecule has 0 bridgehead atoms. The second kappa shape index (κ2) is 6.74. The van der Waals surface area contributed by atoms with Crippen LogP contribution in [0.3, 0.4) is 0 Å². The SMILES string of the molecule is c1cnc(N2CCN(Cc3csc(-c4ccsc4)n3)CC2)cn1. The zero-order valence-electron chi connectivity index (χ0n) is 12.6. The van der Waals surface area contributed by atoms with Crippen molar-refractivity contribution < 1.29 is 0 Å². The summed E-state index contributed by atoms with van der Waals surface area (Å²) in [6, 6.07) is 2.13. The molecular weight excluding hydrogens is 326 g/mol. The van der Waals surface area contributed by atoms with Gasteiger partial charge in [0.1, 0.15) is 10.8 Å². The van der Waals surface area contributed by atoms with Crippen molar-refractivity contribution in [2.24, 2.45) is 0 Å². The lowest BCUT2D eigenvalue weighted by molar-refractivity contribution is 0.247. The number of aromatic nitrogens is 3. The Hall–Kier alpha value is -1.83. The third-order valence-electron chi connectivity index (χ3n) is 3.95. The smallest absolute Gasteiger partial charge is 0.147 e. The summed E-state index contributed by atoms with van der Waals surface area (Å²) in [4.78, 5) is 18.0. The van der Waals surface area contributed by atoms with E-state index in [0.717, 1.165) is 43.5 Å². The van der Waals surface area contributed by atoms with Gasteiger partial charge in [-0.05, 0) is 11.4 Å². The van der Waals surface area contributed by atoms with E-state index in [1.165, 1.54) is 11.3 Å². The number of hydrogen-bond donors (Lipinski definition) is 0. The van der Waals surface area contributed by atoms with Crippen molar-refractivity contribution in [3.8, 4) is 10.6 Å². The lowest BCUT2D eigenvalue weighted by Gasteiger charge is -2.34. The van der Waals surface area contributed by atoms with Crippen LogP contribution in [0.25, 0.3) is 10.6 Å². The molecule has 1 aliphatic heterocycles. The summed E-state index contributed by atoms with van der Waals surface area (Å²) in [6.07, 6.45) is 5.30. The van der Waals surface area contributed by atoms with E-state index in [1.807, 2.05) is 6.20 Å². The first-order valence-corrected chi connectivity index (χ1v) is 9.41. The van der Waals surface area contributed by atoms with Gasteiger partial charge < -0.3 is 4.90 Å². The predicted molar refractivity (Wildman–Crippen MR) is 94.9 cm³/mol. The Labute approximate surface area is 143 Å². The van der Waals surface area contributed by atoms with Crippen molar-refractivity contribution in [3.63, 3.8) is 0 Å². The summed E-state index contributed by atoms with van der Waals surface area (Å²) < 4.78 is 0. The van der Waals surface area contributed by atoms with Gasteiger partial charge in [0.15, 0.2) is 0 Å². The molecule has 3 aromatic heterocycles. The first-order chi connectivity index (χ1) is 11.4. The van der Waals surface area contributed by atoms with Gasteiger partial charge >= 0.3 is 0 Å². The van der Waals surface area contributed by atoms with Crippen LogP contribution < -0.4 is 4.90 Å². The molecule has 0 spiro atoms. The van der Waals surface area contributed by atoms with Crippen LogP contribution in [0.5, 0.6) is 0 Å². The lowest BCUT2D eigenvalue weighted by Crippen LogP contribution is -2.46. The van der Waals surface area contributed by atoms with Gasteiger partial charge in [-0.25, -0.2) is 9.97 Å². The molecule has 1 aliphatic rings. The van der Waals surface area contributed by atoms with E-state index < -0.39 is 0 Å². The normalized spacial score (nSPS) is 15.9. The second-order valence-corrected chi connectivity index (χ2v) is 7.12. The Balaban J connectivity index is 1.35. The minimum atomic E-state index is 0.926. The van der Waals surface area contributed by atoms with Crippen molar-refractivity contribution in [3.05, 3.63) is 46.5 Å². The Bertz CT molecular complexity index is 733. The van der Waals surface area contributed by atoms with Gasteiger partial charge in [0.2, 0.25) is 0 Å². The fourth-order valence-corrected chi connectivity index (χ4v) is 4.24. The van der Waals surface area contributed by atoms with Crippen molar-refractivity contribution in [2.75, 3.05) is 31.1 Å². The highest BCUT2D eigenvalue weighted by atomic mass is 32.1. The zero-order valence-corrected chi connectivity index (χ0v) is 14.3. The molecule has 0 amide bonds. The summed E-state index contributed by atoms with van der Waals surface area (Å²) in [5.41, 5.74) is 2.41. The maximum Gasteiger partial charge on any atom is 0.147 e. The first-order valence-electron chi connectivity index (χ1n) is 7.59. The zero-order chi connectivity index (χ0) is 15.5. The fourth-order valence-electron chi connectivity index (χ4n) is 2.72. The summed E-state index contributed by atoms with van der Waals surface area (Å²) in [5, 5.41) is 7.56. The number of thiazole rings is 1. The summed E-state index contributed by atoms with van der Waals surface area (Å²) >= 11 is 3.45. The third kappa shape index (κ3) is 3.41. The van der Waals surface area contributed by atoms with Gasteiger partial charge in [-0.3, -0.25) is 9.88 Å². The van der Waals surface area contributed by atoms with Gasteiger partial charge in [0.25, 0.3) is 0 Å². The molecule has 4 heterocycles. The van der Waals surface area contributed by atoms with Gasteiger partial charge in [-0.1, -0.05) is 0 Å². The number of thiophene rings is 1. The van der Waals surface area contributed by atoms with E-state index in [4.69, 9.17) is 4.98 Å². The van der Waals surface area contributed by atoms with Crippen LogP contribution in [0.1, 0.15) is 5.69 Å². The Kier molecular flexibility index (Phi) is 4.32. The summed E-state index contributed by atoms with van der Waals surface area (Å²) in [5.74, 6) is 0.973. The molecule has 3 aromatic rings. The number of nitrogens with zero attached hydrogens (tertiary/aromatic N) is 5. The second-order valence-electron chi connectivity index (χ2n) is 5.48. The predicted octanol–water partition coefficient (Wildman–Crippen LogP) is 2.98. The lowest BCUT2D eigenvalue weighted by atomic mass is 10.3. The Morgan fingerprint density at radius 2 is 2.00 bits per heavy atom. The largest absolute Gasteiger partial charge is 0.353 e. The number of anilines is 1. The van der Waals surface area contributed by atoms with Crippen LogP contribution in [0.15, 0.2) is 40.8 Å². The van der Waals surface area contributed by atoms with Gasteiger partial charge in [0.05, 0.1) is 11.9 Å². The van der Waals surface area contributed by atoms with E-state index in [-0.39, 0.29) is 0 Å². The van der Waals surface area contributed by atoms with E-state index in [2.05, 4.69) is 42.0 Å². The molecule has 0 saturated carbocycles. The molecule has 0 unspecified atom stereocenters. The molecule has 4 rings (SSSR count). The Morgan fingerprint density at radius 3 is 2.74 bits per heavy atom. The van der Waals surface area contributed by atoms with E-state index in [1.54, 1.807) is 35.1 Å². The molecule has 118 valence electrons. The monoisotopic (exact) mass is 343 g/mol. The standard InChI is InChI=1S/C16H17N5S2/c1-8-22-11-13(1)16-19-14(12-23-16)10-20-4-6-21(7-5-20)15-9-17-2-3-18-15/h1-3,8-9,11-12H,4-7,10H2. The molecule has 0 N–H and O–H groups in total. The van der Waals surface area contributed by atoms with E-state index >= 15 is 0 Å². The highest BCUT2D eigenvalue weighted by molar-refractivity contribution is 7.14. The maximum absolute atomic E-state index is 4.77. The van der Waals surface area contributed by atoms with Crippen LogP contribution >= 0.6 is 22.7 Å². The highest BCUT2D eigenvalue weighted by Crippen LogP contribution is 2.26. The first kappa shape index (κ1) is 14.7. The van der Waals surface area contributed by atoms with Crippen molar-refractivity contribution >= 4 is 28.5 Å². The van der Waals surface area contributed by atoms with E-state index in [9.17, 15) is 0 Å². The van der Waals surface area contributed by atoms with Gasteiger partial charge in [-0.2, -0.15) is 11.3 Å². The molecule has 0 aliphatic carbocycles. The average Bonchev–Trinajstić information content (AvgIpc) is 3.28. The molecule has 0 atom stereocenters. The molecule has 23 heavy (non-hydrogen) atoms. The Morgan fingerprint density at radius 1 is 1.09 bits per heavy atom. The van der Waals surface area contributed by atoms with Crippen molar-refractivity contribution in [1.82, 2.24) is 19.9 Å². The summed E-state index contributed by atoms with van der Waals surface area (Å²) in [7, 11) is 0. The number of piperazine rings is 1. The van der Waals surface area contributed by atoms with Crippen molar-refractivity contribution in [2.45, 2.75) is 6.54 Å². The number of rotatable bonds is 4. The summed E-state index contributed by atoms with van der Waals surface area (Å²) in [6.45, 7) is 4.96. The van der Waals surface area contributed by atoms with Crippen LogP contribution in [-0.2, 0) is 6.54 Å². The van der Waals surface area contributed by atoms with Crippen LogP contribution in [-0.4, -0.2) is 46.0 Å². The van der Waals surface area contributed by atoms with Crippen LogP contribution in [0.2, 0.25) is 0 Å². The fraction of sp³-hybridized carbons (Fsp3) is 0.312.